The molecule has 0 spiro atoms. The van der Waals surface area contributed by atoms with Crippen LogP contribution in [0.15, 0.2) is 35.0 Å². The Labute approximate surface area is 159 Å². The number of rotatable bonds is 4. The summed E-state index contributed by atoms with van der Waals surface area (Å²) in [5, 5.41) is 3.29. The molecule has 0 aliphatic heterocycles. The first kappa shape index (κ1) is 16.6. The molecule has 4 bridgehead atoms. The third-order valence-corrected chi connectivity index (χ3v) is 7.55. The summed E-state index contributed by atoms with van der Waals surface area (Å²) < 4.78 is 0. The molecule has 26 heavy (non-hydrogen) atoms. The molecule has 5 aliphatic rings. The molecular weight excluding hydrogens is 346 g/mol. The van der Waals surface area contributed by atoms with E-state index in [-0.39, 0.29) is 16.6 Å². The summed E-state index contributed by atoms with van der Waals surface area (Å²) in [6.07, 6.45) is 9.44. The van der Waals surface area contributed by atoms with Crippen molar-refractivity contribution >= 4 is 23.2 Å². The largest absolute Gasteiger partial charge is 0.381 e. The van der Waals surface area contributed by atoms with E-state index in [1.54, 1.807) is 24.3 Å². The van der Waals surface area contributed by atoms with Crippen LogP contribution in [0, 0.1) is 23.2 Å². The molecule has 1 N–H and O–H groups in total. The molecule has 0 atom stereocenters. The summed E-state index contributed by atoms with van der Waals surface area (Å²) >= 11 is 6.26. The fourth-order valence-electron chi connectivity index (χ4n) is 6.55. The van der Waals surface area contributed by atoms with Gasteiger partial charge in [-0.3, -0.25) is 9.59 Å². The van der Waals surface area contributed by atoms with Crippen molar-refractivity contribution in [2.75, 3.05) is 6.54 Å². The number of halogens is 1. The second-order valence-electron chi connectivity index (χ2n) is 8.99. The van der Waals surface area contributed by atoms with Gasteiger partial charge in [0.05, 0.1) is 0 Å². The van der Waals surface area contributed by atoms with E-state index >= 15 is 0 Å². The fourth-order valence-corrected chi connectivity index (χ4v) is 6.81. The number of hydrogen-bond acceptors (Lipinski definition) is 3. The van der Waals surface area contributed by atoms with Crippen molar-refractivity contribution in [2.45, 2.75) is 44.9 Å². The van der Waals surface area contributed by atoms with Gasteiger partial charge in [0.1, 0.15) is 10.7 Å². The van der Waals surface area contributed by atoms with E-state index in [1.807, 2.05) is 0 Å². The smallest absolute Gasteiger partial charge is 0.211 e. The molecule has 4 fully saturated rings. The van der Waals surface area contributed by atoms with Crippen LogP contribution < -0.4 is 5.32 Å². The van der Waals surface area contributed by atoms with Gasteiger partial charge < -0.3 is 5.32 Å². The third kappa shape index (κ3) is 2.55. The van der Waals surface area contributed by atoms with Gasteiger partial charge in [-0.15, -0.1) is 0 Å². The van der Waals surface area contributed by atoms with Crippen molar-refractivity contribution in [3.05, 3.63) is 46.1 Å². The number of hydrogen-bond donors (Lipinski definition) is 1. The van der Waals surface area contributed by atoms with Crippen LogP contribution in [0.5, 0.6) is 0 Å². The first-order chi connectivity index (χ1) is 12.5. The summed E-state index contributed by atoms with van der Waals surface area (Å²) in [6.45, 7) is 0.721. The van der Waals surface area contributed by atoms with Crippen LogP contribution in [0.2, 0.25) is 0 Å². The highest BCUT2D eigenvalue weighted by atomic mass is 35.5. The molecule has 4 saturated carbocycles. The van der Waals surface area contributed by atoms with Crippen molar-refractivity contribution in [2.24, 2.45) is 23.2 Å². The minimum absolute atomic E-state index is 0.0409. The summed E-state index contributed by atoms with van der Waals surface area (Å²) in [6, 6.07) is 6.93. The summed E-state index contributed by atoms with van der Waals surface area (Å²) in [5.41, 5.74) is 1.61. The van der Waals surface area contributed by atoms with Crippen LogP contribution in [0.4, 0.5) is 0 Å². The molecule has 4 heteroatoms. The zero-order chi connectivity index (χ0) is 17.9. The maximum atomic E-state index is 12.8. The summed E-state index contributed by atoms with van der Waals surface area (Å²) in [4.78, 5) is 25.2. The zero-order valence-corrected chi connectivity index (χ0v) is 15.6. The van der Waals surface area contributed by atoms with Gasteiger partial charge in [-0.2, -0.15) is 0 Å². The van der Waals surface area contributed by atoms with Crippen molar-refractivity contribution in [1.29, 1.82) is 0 Å². The number of fused-ring (bicyclic) bond motifs is 1. The molecule has 0 aromatic heterocycles. The Bertz CT molecular complexity index is 790. The van der Waals surface area contributed by atoms with Gasteiger partial charge in [0, 0.05) is 17.7 Å². The van der Waals surface area contributed by atoms with Gasteiger partial charge in [-0.1, -0.05) is 35.9 Å². The fraction of sp³-hybridized carbons (Fsp3) is 0.545. The van der Waals surface area contributed by atoms with Crippen molar-refractivity contribution in [1.82, 2.24) is 5.32 Å². The Morgan fingerprint density at radius 3 is 2.04 bits per heavy atom. The maximum Gasteiger partial charge on any atom is 0.211 e. The van der Waals surface area contributed by atoms with Crippen LogP contribution in [-0.2, 0) is 0 Å². The van der Waals surface area contributed by atoms with Crippen molar-refractivity contribution in [3.63, 3.8) is 0 Å². The highest BCUT2D eigenvalue weighted by molar-refractivity contribution is 6.49. The lowest BCUT2D eigenvalue weighted by molar-refractivity contribution is -0.0564. The Morgan fingerprint density at radius 2 is 1.46 bits per heavy atom. The predicted molar refractivity (Wildman–Crippen MR) is 101 cm³/mol. The van der Waals surface area contributed by atoms with Crippen molar-refractivity contribution < 1.29 is 9.59 Å². The monoisotopic (exact) mass is 369 g/mol. The molecule has 3 nitrogen and oxygen atoms in total. The Hall–Kier alpha value is -1.61. The van der Waals surface area contributed by atoms with Crippen molar-refractivity contribution in [3.8, 4) is 0 Å². The lowest BCUT2D eigenvalue weighted by Crippen LogP contribution is -2.47. The molecule has 6 rings (SSSR count). The van der Waals surface area contributed by atoms with Gasteiger partial charge in [0.2, 0.25) is 11.6 Å². The summed E-state index contributed by atoms with van der Waals surface area (Å²) in [5.74, 6) is 2.37. The average molecular weight is 370 g/mol. The predicted octanol–water partition coefficient (Wildman–Crippen LogP) is 4.71. The lowest BCUT2D eigenvalue weighted by atomic mass is 9.49. The van der Waals surface area contributed by atoms with E-state index in [4.69, 9.17) is 11.6 Å². The molecule has 5 aliphatic carbocycles. The van der Waals surface area contributed by atoms with E-state index in [2.05, 4.69) is 5.32 Å². The molecule has 0 saturated heterocycles. The van der Waals surface area contributed by atoms with Crippen LogP contribution >= 0.6 is 11.6 Å². The molecule has 0 heterocycles. The third-order valence-electron chi connectivity index (χ3n) is 7.18. The van der Waals surface area contributed by atoms with E-state index in [0.29, 0.717) is 22.2 Å². The molecule has 0 radical (unpaired) electrons. The number of nitrogens with one attached hydrogen (secondary N) is 1. The van der Waals surface area contributed by atoms with Crippen LogP contribution in [0.1, 0.15) is 65.7 Å². The van der Waals surface area contributed by atoms with Gasteiger partial charge in [0.15, 0.2) is 0 Å². The normalized spacial score (nSPS) is 35.0. The summed E-state index contributed by atoms with van der Waals surface area (Å²) in [7, 11) is 0. The number of carbonyl (C=O) groups excluding carboxylic acids is 2. The van der Waals surface area contributed by atoms with E-state index in [1.165, 1.54) is 38.5 Å². The Kier molecular flexibility index (Phi) is 3.79. The quantitative estimate of drug-likeness (QED) is 0.835. The van der Waals surface area contributed by atoms with Crippen LogP contribution in [0.3, 0.4) is 0 Å². The van der Waals surface area contributed by atoms with E-state index < -0.39 is 0 Å². The lowest BCUT2D eigenvalue weighted by Gasteiger charge is -2.57. The Morgan fingerprint density at radius 1 is 0.923 bits per heavy atom. The SMILES string of the molecule is O=C1C(Cl)=C(NCCC23CC4CC(CC(C4)C2)C3)C(=O)c2ccccc21. The second-order valence-corrected chi connectivity index (χ2v) is 9.37. The molecule has 136 valence electrons. The minimum Gasteiger partial charge on any atom is -0.381 e. The molecule has 1 aromatic rings. The van der Waals surface area contributed by atoms with Crippen LogP contribution in [-0.4, -0.2) is 18.1 Å². The first-order valence-electron chi connectivity index (χ1n) is 9.87. The molecule has 0 unspecified atom stereocenters. The minimum atomic E-state index is -0.251. The molecule has 0 amide bonds. The molecule has 1 aromatic carbocycles. The highest BCUT2D eigenvalue weighted by Crippen LogP contribution is 2.61. The number of Topliss-reactive ketones (excluding diaryl/α,β-unsaturated/α-hetero) is 2. The van der Waals surface area contributed by atoms with Gasteiger partial charge in [0.25, 0.3) is 0 Å². The number of benzene rings is 1. The number of ketones is 2. The molecular formula is C22H24ClNO2. The topological polar surface area (TPSA) is 46.2 Å². The van der Waals surface area contributed by atoms with E-state index in [9.17, 15) is 9.59 Å². The van der Waals surface area contributed by atoms with Gasteiger partial charge in [-0.25, -0.2) is 0 Å². The van der Waals surface area contributed by atoms with E-state index in [0.717, 1.165) is 30.7 Å². The van der Waals surface area contributed by atoms with Crippen LogP contribution in [0.25, 0.3) is 0 Å². The second kappa shape index (κ2) is 5.95. The maximum absolute atomic E-state index is 12.8. The average Bonchev–Trinajstić information content (AvgIpc) is 2.61. The standard InChI is InChI=1S/C22H24ClNO2/c23-18-19(21(26)17-4-2-1-3-16(17)20(18)25)24-6-5-22-10-13-7-14(11-22)9-15(8-13)12-22/h1-4,13-15,24H,5-12H2. The first-order valence-corrected chi connectivity index (χ1v) is 10.2. The number of allylic oxidation sites excluding steroid dienone is 2. The highest BCUT2D eigenvalue weighted by Gasteiger charge is 2.50. The zero-order valence-electron chi connectivity index (χ0n) is 14.9. The number of carbonyl (C=O) groups is 2. The van der Waals surface area contributed by atoms with Gasteiger partial charge in [-0.05, 0) is 68.1 Å². The Balaban J connectivity index is 1.31. The van der Waals surface area contributed by atoms with Gasteiger partial charge >= 0.3 is 0 Å².